The van der Waals surface area contributed by atoms with E-state index in [9.17, 15) is 19.8 Å². The Bertz CT molecular complexity index is 1190. The maximum atomic E-state index is 13.5. The third-order valence-corrected chi connectivity index (χ3v) is 6.40. The molecule has 1 aromatic carbocycles. The van der Waals surface area contributed by atoms with Gasteiger partial charge in [-0.2, -0.15) is 0 Å². The molecule has 36 heavy (non-hydrogen) atoms. The van der Waals surface area contributed by atoms with Gasteiger partial charge in [0.05, 0.1) is 18.3 Å². The molecule has 9 nitrogen and oxygen atoms in total. The monoisotopic (exact) mass is 560 g/mol. The Balaban J connectivity index is 0.00000361. The lowest BCUT2D eigenvalue weighted by atomic mass is 9.84. The first-order valence-corrected chi connectivity index (χ1v) is 11.7. The number of halogens is 1. The number of aliphatic carboxylic acids is 1. The summed E-state index contributed by atoms with van der Waals surface area (Å²) in [7, 11) is 0. The maximum Gasteiger partial charge on any atom is 0.341 e. The van der Waals surface area contributed by atoms with Gasteiger partial charge >= 0.3 is 5.97 Å². The summed E-state index contributed by atoms with van der Waals surface area (Å²) in [5.74, 6) is -0.590. The van der Waals surface area contributed by atoms with Crippen molar-refractivity contribution in [1.29, 1.82) is 5.41 Å². The maximum absolute atomic E-state index is 13.5. The van der Waals surface area contributed by atoms with Crippen molar-refractivity contribution in [2.45, 2.75) is 52.2 Å². The molecular weight excluding hydrogens is 528 g/mol. The van der Waals surface area contributed by atoms with Crippen molar-refractivity contribution in [3.63, 3.8) is 0 Å². The summed E-state index contributed by atoms with van der Waals surface area (Å²) in [5, 5.41) is 27.9. The molecule has 1 atom stereocenters. The lowest BCUT2D eigenvalue weighted by Gasteiger charge is -2.29. The molecule has 2 aliphatic rings. The van der Waals surface area contributed by atoms with Gasteiger partial charge < -0.3 is 24.7 Å². The van der Waals surface area contributed by atoms with E-state index in [4.69, 9.17) is 10.1 Å². The number of nitrogens with zero attached hydrogens (tertiary/aromatic N) is 3. The van der Waals surface area contributed by atoms with E-state index in [2.05, 4.69) is 4.98 Å². The second-order valence-electron chi connectivity index (χ2n) is 10.3. The summed E-state index contributed by atoms with van der Waals surface area (Å²) in [6.07, 6.45) is 0.0797. The van der Waals surface area contributed by atoms with Gasteiger partial charge in [-0.25, -0.2) is 9.78 Å². The number of aliphatic hydroxyl groups excluding tert-OH is 1. The molecule has 2 aromatic rings. The number of hydrogen-bond donors (Lipinski definition) is 3. The van der Waals surface area contributed by atoms with Crippen LogP contribution in [0.25, 0.3) is 0 Å². The van der Waals surface area contributed by atoms with Crippen molar-refractivity contribution in [1.82, 2.24) is 9.88 Å². The highest BCUT2D eigenvalue weighted by Crippen LogP contribution is 2.41. The number of amidine groups is 1. The number of carboxylic acids is 1. The van der Waals surface area contributed by atoms with Crippen LogP contribution in [0.2, 0.25) is 0 Å². The van der Waals surface area contributed by atoms with E-state index in [0.717, 1.165) is 16.8 Å². The number of carbonyl (C=O) groups is 2. The number of carbonyl (C=O) groups excluding carboxylic acids is 1. The van der Waals surface area contributed by atoms with Crippen LogP contribution < -0.4 is 9.64 Å². The highest BCUT2D eigenvalue weighted by atomic mass is 79.9. The molecule has 3 N–H and O–H groups in total. The number of aryl methyl sites for hydroxylation is 1. The molecule has 3 heterocycles. The fourth-order valence-electron chi connectivity index (χ4n) is 4.56. The third-order valence-electron chi connectivity index (χ3n) is 6.40. The van der Waals surface area contributed by atoms with Gasteiger partial charge in [-0.1, -0.05) is 26.8 Å². The first kappa shape index (κ1) is 27.6. The molecule has 0 amide bonds. The summed E-state index contributed by atoms with van der Waals surface area (Å²) >= 11 is 0. The molecule has 1 unspecified atom stereocenters. The van der Waals surface area contributed by atoms with Crippen LogP contribution in [0.15, 0.2) is 24.3 Å². The minimum absolute atomic E-state index is 0. The Morgan fingerprint density at radius 3 is 2.58 bits per heavy atom. The first-order chi connectivity index (χ1) is 16.4. The number of nitrogens with one attached hydrogen (secondary N) is 1. The van der Waals surface area contributed by atoms with Crippen molar-refractivity contribution in [2.24, 2.45) is 0 Å². The Labute approximate surface area is 221 Å². The molecule has 10 heteroatoms. The number of β-amino-alcohol motifs (C(OH)–C–C–N with tert-alkyl or cyclic N) is 1. The molecule has 1 fully saturated rings. The highest BCUT2D eigenvalue weighted by Gasteiger charge is 2.32. The van der Waals surface area contributed by atoms with Crippen LogP contribution in [0.3, 0.4) is 0 Å². The fourth-order valence-corrected chi connectivity index (χ4v) is 4.56. The zero-order valence-corrected chi connectivity index (χ0v) is 22.7. The fraction of sp³-hybridized carbons (Fsp3) is 0.462. The van der Waals surface area contributed by atoms with E-state index >= 15 is 0 Å². The van der Waals surface area contributed by atoms with Gasteiger partial charge in [0.25, 0.3) is 0 Å². The van der Waals surface area contributed by atoms with Crippen molar-refractivity contribution in [3.8, 4) is 5.75 Å². The number of pyridine rings is 1. The second kappa shape index (κ2) is 10.6. The molecule has 0 bridgehead atoms. The molecule has 194 valence electrons. The Morgan fingerprint density at radius 2 is 1.97 bits per heavy atom. The summed E-state index contributed by atoms with van der Waals surface area (Å²) < 4.78 is 5.76. The SMILES string of the molecule is Br.Cc1ccc2c(n1)C(=N)N(CC(=O)c1cc(N3CCC(O)C3)c(OCC(=O)O)c(C(C)(C)C)c1)C2. The number of ketones is 1. The number of anilines is 1. The largest absolute Gasteiger partial charge is 0.479 e. The van der Waals surface area contributed by atoms with Crippen LogP contribution in [0.4, 0.5) is 5.69 Å². The molecule has 2 aliphatic heterocycles. The second-order valence-corrected chi connectivity index (χ2v) is 10.3. The first-order valence-electron chi connectivity index (χ1n) is 11.7. The number of aliphatic hydroxyl groups is 1. The smallest absolute Gasteiger partial charge is 0.341 e. The molecule has 0 aliphatic carbocycles. The van der Waals surface area contributed by atoms with Gasteiger partial charge in [0.2, 0.25) is 0 Å². The highest BCUT2D eigenvalue weighted by molar-refractivity contribution is 8.93. The van der Waals surface area contributed by atoms with Crippen molar-refractivity contribution >= 4 is 40.3 Å². The van der Waals surface area contributed by atoms with E-state index in [1.807, 2.05) is 44.7 Å². The summed E-state index contributed by atoms with van der Waals surface area (Å²) in [4.78, 5) is 32.9. The predicted octanol–water partition coefficient (Wildman–Crippen LogP) is 3.32. The molecular formula is C26H33BrN4O5. The summed E-state index contributed by atoms with van der Waals surface area (Å²) in [5.41, 5.74) is 3.71. The van der Waals surface area contributed by atoms with E-state index < -0.39 is 24.1 Å². The lowest BCUT2D eigenvalue weighted by molar-refractivity contribution is -0.139. The minimum Gasteiger partial charge on any atom is -0.479 e. The van der Waals surface area contributed by atoms with Crippen LogP contribution in [-0.2, 0) is 16.8 Å². The Kier molecular flexibility index (Phi) is 8.10. The predicted molar refractivity (Wildman–Crippen MR) is 142 cm³/mol. The van der Waals surface area contributed by atoms with E-state index in [0.29, 0.717) is 48.7 Å². The molecule has 1 aromatic heterocycles. The van der Waals surface area contributed by atoms with Crippen molar-refractivity contribution in [2.75, 3.05) is 31.1 Å². The number of carboxylic acid groups (broad SMARTS) is 1. The Morgan fingerprint density at radius 1 is 1.25 bits per heavy atom. The van der Waals surface area contributed by atoms with Crippen molar-refractivity contribution in [3.05, 3.63) is 52.3 Å². The third kappa shape index (κ3) is 5.70. The van der Waals surface area contributed by atoms with Crippen LogP contribution >= 0.6 is 17.0 Å². The number of fused-ring (bicyclic) bond motifs is 1. The number of hydrogen-bond acceptors (Lipinski definition) is 7. The lowest BCUT2D eigenvalue weighted by Crippen LogP contribution is -2.31. The van der Waals surface area contributed by atoms with Gasteiger partial charge in [-0.15, -0.1) is 17.0 Å². The number of Topliss-reactive ketones (excluding diaryl/α,β-unsaturated/α-hetero) is 1. The van der Waals surface area contributed by atoms with Crippen molar-refractivity contribution < 1.29 is 24.5 Å². The van der Waals surface area contributed by atoms with E-state index in [1.54, 1.807) is 17.0 Å². The van der Waals surface area contributed by atoms with Crippen LogP contribution in [-0.4, -0.2) is 70.0 Å². The van der Waals surface area contributed by atoms with Crippen LogP contribution in [0.1, 0.15) is 60.1 Å². The average Bonchev–Trinajstić information content (AvgIpc) is 3.34. The average molecular weight is 561 g/mol. The number of ether oxygens (including phenoxy) is 1. The van der Waals surface area contributed by atoms with Gasteiger partial charge in [0.15, 0.2) is 12.4 Å². The quantitative estimate of drug-likeness (QED) is 0.440. The summed E-state index contributed by atoms with van der Waals surface area (Å²) in [6, 6.07) is 7.34. The zero-order valence-electron chi connectivity index (χ0n) is 21.0. The van der Waals surface area contributed by atoms with Gasteiger partial charge in [-0.3, -0.25) is 10.2 Å². The molecule has 0 radical (unpaired) electrons. The van der Waals surface area contributed by atoms with Gasteiger partial charge in [-0.05, 0) is 37.0 Å². The van der Waals surface area contributed by atoms with Gasteiger partial charge in [0.1, 0.15) is 17.3 Å². The molecule has 1 saturated heterocycles. The minimum atomic E-state index is -1.09. The van der Waals surface area contributed by atoms with Crippen LogP contribution in [0, 0.1) is 12.3 Å². The Hall–Kier alpha value is -2.98. The molecule has 0 spiro atoms. The van der Waals surface area contributed by atoms with E-state index in [1.165, 1.54) is 0 Å². The molecule has 0 saturated carbocycles. The molecule has 4 rings (SSSR count). The van der Waals surface area contributed by atoms with Crippen LogP contribution in [0.5, 0.6) is 5.75 Å². The summed E-state index contributed by atoms with van der Waals surface area (Å²) in [6.45, 7) is 8.73. The normalized spacial score (nSPS) is 17.1. The van der Waals surface area contributed by atoms with Gasteiger partial charge in [0, 0.05) is 42.0 Å². The zero-order chi connectivity index (χ0) is 25.5. The number of benzene rings is 1. The standard InChI is InChI=1S/C26H32N4O5.BrH/c1-15-5-6-16-11-30(25(27)23(16)28-15)13-21(32)17-9-19(26(2,3)4)24(35-14-22(33)34)20(10-17)29-8-7-18(31)12-29;/h5-6,9-10,18,27,31H,7-8,11-14H2,1-4H3,(H,33,34);1H. The number of rotatable bonds is 7. The van der Waals surface area contributed by atoms with E-state index in [-0.39, 0.29) is 35.1 Å². The number of aromatic nitrogens is 1. The topological polar surface area (TPSA) is 127 Å².